The number of aromatic nitrogens is 1. The maximum Gasteiger partial charge on any atom is 0.244 e. The van der Waals surface area contributed by atoms with E-state index >= 15 is 0 Å². The van der Waals surface area contributed by atoms with Gasteiger partial charge in [-0.25, -0.2) is 8.42 Å². The normalized spacial score (nSPS) is 18.1. The molecule has 0 amide bonds. The third-order valence-electron chi connectivity index (χ3n) is 3.64. The zero-order valence-corrected chi connectivity index (χ0v) is 14.6. The molecule has 1 aromatic heterocycles. The van der Waals surface area contributed by atoms with Gasteiger partial charge in [0.2, 0.25) is 10.0 Å². The van der Waals surface area contributed by atoms with Crippen molar-refractivity contribution in [3.8, 4) is 0 Å². The Bertz CT molecular complexity index is 559. The van der Waals surface area contributed by atoms with Gasteiger partial charge in [0.05, 0.1) is 0 Å². The summed E-state index contributed by atoms with van der Waals surface area (Å²) >= 11 is 1.83. The van der Waals surface area contributed by atoms with Crippen LogP contribution in [-0.2, 0) is 16.6 Å². The molecule has 0 saturated carbocycles. The molecule has 21 heavy (non-hydrogen) atoms. The molecule has 1 N–H and O–H groups in total. The lowest BCUT2D eigenvalue weighted by atomic mass is 10.3. The van der Waals surface area contributed by atoms with E-state index in [9.17, 15) is 8.42 Å². The Labute approximate surface area is 132 Å². The zero-order chi connectivity index (χ0) is 15.5. The van der Waals surface area contributed by atoms with Crippen molar-refractivity contribution in [1.29, 1.82) is 0 Å². The minimum Gasteiger partial charge on any atom is -0.346 e. The smallest absolute Gasteiger partial charge is 0.244 e. The molecular formula is C14H25N3O2S2. The molecule has 7 heteroatoms. The van der Waals surface area contributed by atoms with Crippen LogP contribution < -0.4 is 5.32 Å². The van der Waals surface area contributed by atoms with Gasteiger partial charge in [0, 0.05) is 43.3 Å². The Kier molecular flexibility index (Phi) is 5.76. The van der Waals surface area contributed by atoms with Crippen molar-refractivity contribution < 1.29 is 8.42 Å². The van der Waals surface area contributed by atoms with E-state index in [2.05, 4.69) is 19.2 Å². The van der Waals surface area contributed by atoms with Crippen molar-refractivity contribution in [3.05, 3.63) is 18.0 Å². The van der Waals surface area contributed by atoms with E-state index in [0.717, 1.165) is 23.6 Å². The van der Waals surface area contributed by atoms with Crippen LogP contribution in [-0.4, -0.2) is 48.9 Å². The molecule has 1 fully saturated rings. The second-order valence-electron chi connectivity index (χ2n) is 5.57. The second kappa shape index (κ2) is 7.17. The molecule has 1 aliphatic heterocycles. The maximum absolute atomic E-state index is 12.8. The van der Waals surface area contributed by atoms with Gasteiger partial charge in [-0.2, -0.15) is 16.1 Å². The average Bonchev–Trinajstić information content (AvgIpc) is 2.68. The molecule has 120 valence electrons. The highest BCUT2D eigenvalue weighted by molar-refractivity contribution is 7.99. The highest BCUT2D eigenvalue weighted by Crippen LogP contribution is 2.24. The molecule has 1 saturated heterocycles. The molecule has 1 aromatic rings. The third-order valence-corrected chi connectivity index (χ3v) is 6.55. The Hall–Kier alpha value is -0.500. The van der Waals surface area contributed by atoms with E-state index in [1.165, 1.54) is 0 Å². The summed E-state index contributed by atoms with van der Waals surface area (Å²) in [6.45, 7) is 6.05. The summed E-state index contributed by atoms with van der Waals surface area (Å²) in [5.41, 5.74) is 1.01. The van der Waals surface area contributed by atoms with Crippen LogP contribution in [0.5, 0.6) is 0 Å². The van der Waals surface area contributed by atoms with Crippen LogP contribution in [0.1, 0.15) is 32.0 Å². The van der Waals surface area contributed by atoms with Gasteiger partial charge in [-0.3, -0.25) is 0 Å². The molecule has 5 nitrogen and oxygen atoms in total. The van der Waals surface area contributed by atoms with Gasteiger partial charge in [0.1, 0.15) is 4.90 Å². The van der Waals surface area contributed by atoms with Crippen LogP contribution in [0.2, 0.25) is 0 Å². The number of hydrogen-bond acceptors (Lipinski definition) is 4. The molecule has 0 radical (unpaired) electrons. The fraction of sp³-hybridized carbons (Fsp3) is 0.714. The first-order chi connectivity index (χ1) is 9.96. The van der Waals surface area contributed by atoms with Crippen molar-refractivity contribution in [2.45, 2.75) is 37.8 Å². The van der Waals surface area contributed by atoms with Gasteiger partial charge in [-0.15, -0.1) is 0 Å². The lowest BCUT2D eigenvalue weighted by molar-refractivity contribution is 0.434. The summed E-state index contributed by atoms with van der Waals surface area (Å²) in [6.07, 6.45) is 2.71. The number of sulfonamides is 1. The number of nitrogens with zero attached hydrogens (tertiary/aromatic N) is 2. The largest absolute Gasteiger partial charge is 0.346 e. The number of rotatable bonds is 5. The van der Waals surface area contributed by atoms with Crippen LogP contribution >= 0.6 is 11.8 Å². The average molecular weight is 332 g/mol. The molecular weight excluding hydrogens is 306 g/mol. The van der Waals surface area contributed by atoms with Gasteiger partial charge < -0.3 is 9.88 Å². The van der Waals surface area contributed by atoms with Crippen molar-refractivity contribution in [1.82, 2.24) is 14.2 Å². The molecule has 0 bridgehead atoms. The predicted molar refractivity (Wildman–Crippen MR) is 88.3 cm³/mol. The minimum atomic E-state index is -3.37. The van der Waals surface area contributed by atoms with Gasteiger partial charge >= 0.3 is 0 Å². The molecule has 0 atom stereocenters. The van der Waals surface area contributed by atoms with Crippen molar-refractivity contribution in [2.24, 2.45) is 0 Å². The van der Waals surface area contributed by atoms with E-state index in [1.807, 2.05) is 29.4 Å². The van der Waals surface area contributed by atoms with E-state index in [0.29, 0.717) is 24.5 Å². The molecule has 2 heterocycles. The Morgan fingerprint density at radius 2 is 2.10 bits per heavy atom. The van der Waals surface area contributed by atoms with E-state index in [-0.39, 0.29) is 6.04 Å². The maximum atomic E-state index is 12.8. The standard InChI is InChI=1S/C14H25N3O2S2/c1-12(2)17-11-14(9-13(17)10-15-3)21(18,19)16-5-4-7-20-8-6-16/h9,11-12,15H,4-8,10H2,1-3H3. The summed E-state index contributed by atoms with van der Waals surface area (Å²) in [4.78, 5) is 0.424. The molecule has 0 unspecified atom stereocenters. The van der Waals surface area contributed by atoms with Crippen LogP contribution in [0.4, 0.5) is 0 Å². The van der Waals surface area contributed by atoms with Crippen LogP contribution in [0, 0.1) is 0 Å². The molecule has 1 aliphatic rings. The third kappa shape index (κ3) is 3.83. The summed E-state index contributed by atoms with van der Waals surface area (Å²) in [6, 6.07) is 2.06. The van der Waals surface area contributed by atoms with E-state index < -0.39 is 10.0 Å². The quantitative estimate of drug-likeness (QED) is 0.895. The van der Waals surface area contributed by atoms with Crippen molar-refractivity contribution in [3.63, 3.8) is 0 Å². The SMILES string of the molecule is CNCc1cc(S(=O)(=O)N2CCCSCC2)cn1C(C)C. The van der Waals surface area contributed by atoms with Crippen LogP contribution in [0.3, 0.4) is 0 Å². The molecule has 0 aromatic carbocycles. The second-order valence-corrected chi connectivity index (χ2v) is 8.73. The summed E-state index contributed by atoms with van der Waals surface area (Å²) in [5.74, 6) is 1.93. The Morgan fingerprint density at radius 3 is 2.76 bits per heavy atom. The highest BCUT2D eigenvalue weighted by Gasteiger charge is 2.27. The monoisotopic (exact) mass is 331 g/mol. The van der Waals surface area contributed by atoms with E-state index in [1.54, 1.807) is 10.5 Å². The zero-order valence-electron chi connectivity index (χ0n) is 13.0. The first kappa shape index (κ1) is 16.9. The summed E-state index contributed by atoms with van der Waals surface area (Å²) < 4.78 is 29.3. The highest BCUT2D eigenvalue weighted by atomic mass is 32.2. The number of thioether (sulfide) groups is 1. The fourth-order valence-electron chi connectivity index (χ4n) is 2.55. The number of nitrogens with one attached hydrogen (secondary N) is 1. The first-order valence-electron chi connectivity index (χ1n) is 7.40. The molecule has 2 rings (SSSR count). The van der Waals surface area contributed by atoms with Crippen molar-refractivity contribution >= 4 is 21.8 Å². The van der Waals surface area contributed by atoms with Crippen LogP contribution in [0.15, 0.2) is 17.2 Å². The first-order valence-corrected chi connectivity index (χ1v) is 9.99. The van der Waals surface area contributed by atoms with Gasteiger partial charge in [0.15, 0.2) is 0 Å². The van der Waals surface area contributed by atoms with Gasteiger partial charge in [0.25, 0.3) is 0 Å². The topological polar surface area (TPSA) is 54.3 Å². The molecule has 0 aliphatic carbocycles. The Morgan fingerprint density at radius 1 is 1.33 bits per heavy atom. The lowest BCUT2D eigenvalue weighted by Crippen LogP contribution is -2.32. The van der Waals surface area contributed by atoms with Crippen molar-refractivity contribution in [2.75, 3.05) is 31.6 Å². The summed E-state index contributed by atoms with van der Waals surface area (Å²) in [7, 11) is -1.49. The Balaban J connectivity index is 2.32. The fourth-order valence-corrected chi connectivity index (χ4v) is 5.09. The van der Waals surface area contributed by atoms with E-state index in [4.69, 9.17) is 0 Å². The van der Waals surface area contributed by atoms with Gasteiger partial charge in [-0.1, -0.05) is 0 Å². The lowest BCUT2D eigenvalue weighted by Gasteiger charge is -2.18. The number of hydrogen-bond donors (Lipinski definition) is 1. The van der Waals surface area contributed by atoms with Crippen LogP contribution in [0.25, 0.3) is 0 Å². The summed E-state index contributed by atoms with van der Waals surface area (Å²) in [5, 5.41) is 3.10. The predicted octanol–water partition coefficient (Wildman–Crippen LogP) is 1.92. The molecule has 0 spiro atoms. The minimum absolute atomic E-state index is 0.247. The van der Waals surface area contributed by atoms with Gasteiger partial charge in [-0.05, 0) is 39.1 Å².